The summed E-state index contributed by atoms with van der Waals surface area (Å²) in [5.74, 6) is -1.94. The maximum absolute atomic E-state index is 12.4. The predicted octanol–water partition coefficient (Wildman–Crippen LogP) is 0.130. The minimum atomic E-state index is -0.909. The fraction of sp³-hybridized carbons (Fsp3) is 0.316. The highest BCUT2D eigenvalue weighted by Gasteiger charge is 2.30. The standard InChI is InChI=1S/C19H20N4O6/c1-10(24)21-8-11-2-4-12(5-3-11)18(27)29-9-14(25)15-16(20)23(13-6-7-13)19(28)22-17(15)26/h2-5,13H,6-9,20H2,1H3,(H,21,24)(H,22,26,28). The molecular formula is C19H20N4O6. The number of amides is 1. The van der Waals surface area contributed by atoms with Gasteiger partial charge in [-0.15, -0.1) is 0 Å². The lowest BCUT2D eigenvalue weighted by molar-refractivity contribution is -0.119. The third kappa shape index (κ3) is 4.60. The van der Waals surface area contributed by atoms with Gasteiger partial charge in [-0.3, -0.25) is 23.9 Å². The number of H-pyrrole nitrogens is 1. The summed E-state index contributed by atoms with van der Waals surface area (Å²) in [5, 5.41) is 2.63. The number of benzene rings is 1. The van der Waals surface area contributed by atoms with E-state index < -0.39 is 35.2 Å². The summed E-state index contributed by atoms with van der Waals surface area (Å²) in [6.45, 7) is 1.03. The van der Waals surface area contributed by atoms with Gasteiger partial charge in [0, 0.05) is 19.5 Å². The van der Waals surface area contributed by atoms with E-state index in [1.165, 1.54) is 23.6 Å². The van der Waals surface area contributed by atoms with Gasteiger partial charge in [-0.1, -0.05) is 12.1 Å². The number of nitrogens with two attached hydrogens (primary N) is 1. The molecule has 1 heterocycles. The summed E-state index contributed by atoms with van der Waals surface area (Å²) in [4.78, 5) is 61.4. The molecule has 1 amide bonds. The van der Waals surface area contributed by atoms with Crippen LogP contribution in [0.4, 0.5) is 5.82 Å². The van der Waals surface area contributed by atoms with Gasteiger partial charge in [0.25, 0.3) is 5.56 Å². The number of ketones is 1. The van der Waals surface area contributed by atoms with Gasteiger partial charge in [-0.25, -0.2) is 9.59 Å². The van der Waals surface area contributed by atoms with Crippen molar-refractivity contribution in [3.8, 4) is 0 Å². The van der Waals surface area contributed by atoms with E-state index in [1.807, 2.05) is 0 Å². The molecule has 10 heteroatoms. The lowest BCUT2D eigenvalue weighted by atomic mass is 10.1. The fourth-order valence-electron chi connectivity index (χ4n) is 2.80. The number of carbonyl (C=O) groups is 3. The van der Waals surface area contributed by atoms with Crippen LogP contribution >= 0.6 is 0 Å². The number of hydrogen-bond donors (Lipinski definition) is 3. The zero-order chi connectivity index (χ0) is 21.1. The van der Waals surface area contributed by atoms with Crippen molar-refractivity contribution < 1.29 is 19.1 Å². The molecule has 1 aromatic heterocycles. The molecule has 0 bridgehead atoms. The van der Waals surface area contributed by atoms with Crippen LogP contribution in [0.15, 0.2) is 33.9 Å². The number of ether oxygens (including phenoxy) is 1. The minimum Gasteiger partial charge on any atom is -0.454 e. The van der Waals surface area contributed by atoms with E-state index in [0.29, 0.717) is 6.54 Å². The number of aromatic amines is 1. The average Bonchev–Trinajstić information content (AvgIpc) is 3.49. The molecule has 29 heavy (non-hydrogen) atoms. The topological polar surface area (TPSA) is 153 Å². The van der Waals surface area contributed by atoms with Crippen LogP contribution in [0.1, 0.15) is 52.1 Å². The van der Waals surface area contributed by atoms with Crippen LogP contribution in [0.2, 0.25) is 0 Å². The lowest BCUT2D eigenvalue weighted by Crippen LogP contribution is -2.36. The number of nitrogens with zero attached hydrogens (tertiary/aromatic N) is 1. The Kier molecular flexibility index (Phi) is 5.62. The molecule has 0 saturated heterocycles. The number of rotatable bonds is 7. The van der Waals surface area contributed by atoms with Crippen LogP contribution in [0.5, 0.6) is 0 Å². The van der Waals surface area contributed by atoms with Crippen LogP contribution in [0.25, 0.3) is 0 Å². The van der Waals surface area contributed by atoms with E-state index >= 15 is 0 Å². The third-order valence-corrected chi connectivity index (χ3v) is 4.44. The zero-order valence-electron chi connectivity index (χ0n) is 15.7. The van der Waals surface area contributed by atoms with Crippen LogP contribution in [0, 0.1) is 0 Å². The molecule has 1 aliphatic rings. The maximum Gasteiger partial charge on any atom is 0.338 e. The first-order valence-electron chi connectivity index (χ1n) is 8.96. The second-order valence-corrected chi connectivity index (χ2v) is 6.73. The minimum absolute atomic E-state index is 0.135. The Labute approximate surface area is 164 Å². The second-order valence-electron chi connectivity index (χ2n) is 6.73. The molecule has 0 atom stereocenters. The smallest absolute Gasteiger partial charge is 0.338 e. The van der Waals surface area contributed by atoms with Crippen LogP contribution in [-0.2, 0) is 16.1 Å². The van der Waals surface area contributed by atoms with Crippen molar-refractivity contribution >= 4 is 23.5 Å². The second kappa shape index (κ2) is 8.13. The summed E-state index contributed by atoms with van der Waals surface area (Å²) >= 11 is 0. The molecule has 10 nitrogen and oxygen atoms in total. The van der Waals surface area contributed by atoms with Crippen molar-refractivity contribution in [1.29, 1.82) is 0 Å². The molecule has 2 aromatic rings. The van der Waals surface area contributed by atoms with Crippen molar-refractivity contribution in [3.05, 3.63) is 61.8 Å². The molecule has 0 aliphatic heterocycles. The zero-order valence-corrected chi connectivity index (χ0v) is 15.7. The van der Waals surface area contributed by atoms with Crippen molar-refractivity contribution in [3.63, 3.8) is 0 Å². The highest BCUT2D eigenvalue weighted by atomic mass is 16.5. The van der Waals surface area contributed by atoms with Gasteiger partial charge < -0.3 is 15.8 Å². The van der Waals surface area contributed by atoms with E-state index in [9.17, 15) is 24.0 Å². The first kappa shape index (κ1) is 20.1. The summed E-state index contributed by atoms with van der Waals surface area (Å²) in [7, 11) is 0. The Morgan fingerprint density at radius 1 is 1.21 bits per heavy atom. The Hall–Kier alpha value is -3.69. The van der Waals surface area contributed by atoms with Gasteiger partial charge in [-0.05, 0) is 30.5 Å². The SMILES string of the molecule is CC(=O)NCc1ccc(C(=O)OCC(=O)c2c(N)n(C3CC3)c(=O)[nH]c2=O)cc1. The summed E-state index contributed by atoms with van der Waals surface area (Å²) in [6.07, 6.45) is 1.47. The van der Waals surface area contributed by atoms with Crippen LogP contribution in [-0.4, -0.2) is 33.8 Å². The van der Waals surface area contributed by atoms with Crippen molar-refractivity contribution in [2.45, 2.75) is 32.4 Å². The molecule has 1 fully saturated rings. The number of Topliss-reactive ketones (excluding diaryl/α,β-unsaturated/α-hetero) is 1. The quantitative estimate of drug-likeness (QED) is 0.441. The predicted molar refractivity (Wildman–Crippen MR) is 103 cm³/mol. The van der Waals surface area contributed by atoms with Gasteiger partial charge in [0.2, 0.25) is 11.7 Å². The molecular weight excluding hydrogens is 380 g/mol. The number of hydrogen-bond acceptors (Lipinski definition) is 7. The molecule has 4 N–H and O–H groups in total. The number of aromatic nitrogens is 2. The highest BCUT2D eigenvalue weighted by molar-refractivity contribution is 6.02. The summed E-state index contributed by atoms with van der Waals surface area (Å²) in [6, 6.07) is 6.14. The number of nitrogens with one attached hydrogen (secondary N) is 2. The van der Waals surface area contributed by atoms with Crippen molar-refractivity contribution in [2.75, 3.05) is 12.3 Å². The Morgan fingerprint density at radius 3 is 2.45 bits per heavy atom. The number of esters is 1. The molecule has 152 valence electrons. The van der Waals surface area contributed by atoms with E-state index in [1.54, 1.807) is 12.1 Å². The van der Waals surface area contributed by atoms with E-state index in [4.69, 9.17) is 10.5 Å². The normalized spacial score (nSPS) is 13.0. The molecule has 1 saturated carbocycles. The van der Waals surface area contributed by atoms with Crippen molar-refractivity contribution in [1.82, 2.24) is 14.9 Å². The Bertz CT molecular complexity index is 1080. The fourth-order valence-corrected chi connectivity index (χ4v) is 2.80. The highest BCUT2D eigenvalue weighted by Crippen LogP contribution is 2.35. The van der Waals surface area contributed by atoms with E-state index in [2.05, 4.69) is 10.3 Å². The Balaban J connectivity index is 1.67. The monoisotopic (exact) mass is 400 g/mol. The first-order chi connectivity index (χ1) is 13.8. The molecule has 0 spiro atoms. The summed E-state index contributed by atoms with van der Waals surface area (Å²) in [5.41, 5.74) is 4.88. The third-order valence-electron chi connectivity index (χ3n) is 4.44. The lowest BCUT2D eigenvalue weighted by Gasteiger charge is -2.11. The van der Waals surface area contributed by atoms with Gasteiger partial charge in [0.1, 0.15) is 11.4 Å². The number of nitrogen functional groups attached to an aromatic ring is 1. The van der Waals surface area contributed by atoms with E-state index in [0.717, 1.165) is 18.4 Å². The average molecular weight is 400 g/mol. The van der Waals surface area contributed by atoms with Crippen LogP contribution in [0.3, 0.4) is 0 Å². The first-order valence-corrected chi connectivity index (χ1v) is 8.96. The van der Waals surface area contributed by atoms with E-state index in [-0.39, 0.29) is 23.3 Å². The molecule has 3 rings (SSSR count). The van der Waals surface area contributed by atoms with Gasteiger partial charge in [0.05, 0.1) is 5.56 Å². The summed E-state index contributed by atoms with van der Waals surface area (Å²) < 4.78 is 6.17. The van der Waals surface area contributed by atoms with Crippen LogP contribution < -0.4 is 22.3 Å². The Morgan fingerprint density at radius 2 is 1.86 bits per heavy atom. The van der Waals surface area contributed by atoms with Gasteiger partial charge in [0.15, 0.2) is 6.61 Å². The van der Waals surface area contributed by atoms with Gasteiger partial charge >= 0.3 is 11.7 Å². The molecule has 0 radical (unpaired) electrons. The maximum atomic E-state index is 12.4. The number of carbonyl (C=O) groups excluding carboxylic acids is 3. The number of anilines is 1. The largest absolute Gasteiger partial charge is 0.454 e. The molecule has 1 aliphatic carbocycles. The van der Waals surface area contributed by atoms with Gasteiger partial charge in [-0.2, -0.15) is 0 Å². The molecule has 0 unspecified atom stereocenters. The molecule has 1 aromatic carbocycles. The van der Waals surface area contributed by atoms with Crippen molar-refractivity contribution in [2.24, 2.45) is 0 Å².